The molecule has 0 unspecified atom stereocenters. The molecule has 0 aliphatic carbocycles. The van der Waals surface area contributed by atoms with Crippen LogP contribution in [0.3, 0.4) is 0 Å². The molecule has 0 bridgehead atoms. The van der Waals surface area contributed by atoms with Crippen LogP contribution in [-0.2, 0) is 0 Å². The highest BCUT2D eigenvalue weighted by Crippen LogP contribution is 1.87. The first-order valence-electron chi connectivity index (χ1n) is 4.73. The maximum atomic E-state index is 6.26. The molecule has 0 atom stereocenters. The zero-order valence-corrected chi connectivity index (χ0v) is 9.08. The predicted octanol–water partition coefficient (Wildman–Crippen LogP) is 0.483. The molecule has 2 aromatic rings. The maximum Gasteiger partial charge on any atom is 0.170 e. The molecule has 1 nitrogen and oxygen atoms in total. The first-order chi connectivity index (χ1) is 6.88. The van der Waals surface area contributed by atoms with Gasteiger partial charge in [0, 0.05) is 0 Å². The highest BCUT2D eigenvalue weighted by atomic mass is 28.3. The molecule has 0 aromatic heterocycles. The Balaban J connectivity index is 2.30. The standard InChI is InChI=1S/C12H13NSi/c13-14(11-7-3-1-4-8-11)12-9-5-2-6-10-12/h1-10,14H,13H2. The van der Waals surface area contributed by atoms with Gasteiger partial charge in [0.25, 0.3) is 0 Å². The van der Waals surface area contributed by atoms with Crippen molar-refractivity contribution >= 4 is 19.3 Å². The minimum Gasteiger partial charge on any atom is -0.346 e. The van der Waals surface area contributed by atoms with E-state index in [0.29, 0.717) is 0 Å². The molecule has 0 radical (unpaired) electrons. The fourth-order valence-corrected chi connectivity index (χ4v) is 3.17. The summed E-state index contributed by atoms with van der Waals surface area (Å²) in [6.07, 6.45) is 0. The lowest BCUT2D eigenvalue weighted by Gasteiger charge is -2.09. The minimum absolute atomic E-state index is 1.29. The molecule has 0 aliphatic rings. The predicted molar refractivity (Wildman–Crippen MR) is 63.5 cm³/mol. The van der Waals surface area contributed by atoms with Crippen molar-refractivity contribution in [3.63, 3.8) is 0 Å². The number of hydrogen-bond acceptors (Lipinski definition) is 1. The average molecular weight is 199 g/mol. The van der Waals surface area contributed by atoms with Crippen LogP contribution in [0, 0.1) is 0 Å². The van der Waals surface area contributed by atoms with Gasteiger partial charge in [-0.25, -0.2) is 0 Å². The highest BCUT2D eigenvalue weighted by molar-refractivity contribution is 6.82. The van der Waals surface area contributed by atoms with Crippen LogP contribution in [0.15, 0.2) is 60.7 Å². The van der Waals surface area contributed by atoms with Gasteiger partial charge in [-0.3, -0.25) is 0 Å². The van der Waals surface area contributed by atoms with E-state index in [4.69, 9.17) is 5.40 Å². The zero-order chi connectivity index (χ0) is 9.80. The van der Waals surface area contributed by atoms with Crippen LogP contribution in [0.5, 0.6) is 0 Å². The first-order valence-corrected chi connectivity index (χ1v) is 6.55. The zero-order valence-electron chi connectivity index (χ0n) is 7.93. The smallest absolute Gasteiger partial charge is 0.170 e. The largest absolute Gasteiger partial charge is 0.346 e. The van der Waals surface area contributed by atoms with Crippen molar-refractivity contribution in [1.29, 1.82) is 0 Å². The summed E-state index contributed by atoms with van der Waals surface area (Å²) >= 11 is 0. The van der Waals surface area contributed by atoms with E-state index in [9.17, 15) is 0 Å². The second-order valence-corrected chi connectivity index (χ2v) is 5.59. The van der Waals surface area contributed by atoms with E-state index in [2.05, 4.69) is 24.3 Å². The van der Waals surface area contributed by atoms with E-state index < -0.39 is 8.96 Å². The molecular formula is C12H13NSi. The van der Waals surface area contributed by atoms with Gasteiger partial charge in [0.05, 0.1) is 0 Å². The topological polar surface area (TPSA) is 26.0 Å². The number of nitrogens with two attached hydrogens (primary N) is 1. The van der Waals surface area contributed by atoms with Crippen molar-refractivity contribution in [2.24, 2.45) is 5.40 Å². The lowest BCUT2D eigenvalue weighted by atomic mass is 10.4. The van der Waals surface area contributed by atoms with E-state index in [1.807, 2.05) is 36.4 Å². The molecule has 70 valence electrons. The van der Waals surface area contributed by atoms with Crippen LogP contribution >= 0.6 is 0 Å². The monoisotopic (exact) mass is 199 g/mol. The van der Waals surface area contributed by atoms with Crippen molar-refractivity contribution in [2.45, 2.75) is 0 Å². The van der Waals surface area contributed by atoms with Gasteiger partial charge >= 0.3 is 0 Å². The third-order valence-corrected chi connectivity index (χ3v) is 4.52. The second kappa shape index (κ2) is 4.22. The second-order valence-electron chi connectivity index (χ2n) is 3.30. The fourth-order valence-electron chi connectivity index (χ4n) is 1.51. The van der Waals surface area contributed by atoms with Gasteiger partial charge in [0.15, 0.2) is 8.96 Å². The van der Waals surface area contributed by atoms with Gasteiger partial charge in [0.1, 0.15) is 0 Å². The van der Waals surface area contributed by atoms with Crippen LogP contribution < -0.4 is 15.8 Å². The van der Waals surface area contributed by atoms with Gasteiger partial charge in [0.2, 0.25) is 0 Å². The number of rotatable bonds is 2. The molecule has 2 rings (SSSR count). The quantitative estimate of drug-likeness (QED) is 0.700. The molecule has 0 amide bonds. The Labute approximate surface area is 85.9 Å². The summed E-state index contributed by atoms with van der Waals surface area (Å²) < 4.78 is 0. The number of benzene rings is 2. The van der Waals surface area contributed by atoms with Crippen LogP contribution in [0.4, 0.5) is 0 Å². The molecule has 0 saturated carbocycles. The molecule has 2 N–H and O–H groups in total. The van der Waals surface area contributed by atoms with Crippen molar-refractivity contribution in [3.05, 3.63) is 60.7 Å². The van der Waals surface area contributed by atoms with Gasteiger partial charge in [-0.1, -0.05) is 60.7 Å². The lowest BCUT2D eigenvalue weighted by molar-refractivity contribution is 1.69. The maximum absolute atomic E-state index is 6.26. The van der Waals surface area contributed by atoms with Gasteiger partial charge in [-0.15, -0.1) is 0 Å². The molecule has 2 heteroatoms. The van der Waals surface area contributed by atoms with Gasteiger partial charge < -0.3 is 5.40 Å². The normalized spacial score (nSPS) is 10.4. The Kier molecular flexibility index (Phi) is 2.77. The fraction of sp³-hybridized carbons (Fsp3) is 0. The molecule has 0 spiro atoms. The summed E-state index contributed by atoms with van der Waals surface area (Å²) in [5, 5.41) is 8.84. The molecule has 0 aliphatic heterocycles. The molecule has 14 heavy (non-hydrogen) atoms. The van der Waals surface area contributed by atoms with E-state index >= 15 is 0 Å². The van der Waals surface area contributed by atoms with Gasteiger partial charge in [-0.05, 0) is 10.4 Å². The Morgan fingerprint density at radius 1 is 0.643 bits per heavy atom. The summed E-state index contributed by atoms with van der Waals surface area (Å²) in [6.45, 7) is 0. The van der Waals surface area contributed by atoms with Crippen LogP contribution in [-0.4, -0.2) is 8.96 Å². The Bertz CT molecular complexity index is 346. The van der Waals surface area contributed by atoms with E-state index in [0.717, 1.165) is 0 Å². The third-order valence-electron chi connectivity index (χ3n) is 2.32. The molecule has 2 aromatic carbocycles. The Morgan fingerprint density at radius 2 is 1.00 bits per heavy atom. The van der Waals surface area contributed by atoms with E-state index in [1.54, 1.807) is 0 Å². The lowest BCUT2D eigenvalue weighted by Crippen LogP contribution is -2.50. The SMILES string of the molecule is N[SiH](c1ccccc1)c1ccccc1. The molecule has 0 heterocycles. The minimum atomic E-state index is -1.42. The van der Waals surface area contributed by atoms with Crippen LogP contribution in [0.2, 0.25) is 0 Å². The molecule has 0 fully saturated rings. The van der Waals surface area contributed by atoms with Crippen molar-refractivity contribution in [3.8, 4) is 0 Å². The summed E-state index contributed by atoms with van der Waals surface area (Å²) in [5.74, 6) is 0. The Hall–Kier alpha value is -1.38. The first kappa shape index (κ1) is 9.18. The molecular weight excluding hydrogens is 186 g/mol. The average Bonchev–Trinajstić information content (AvgIpc) is 2.30. The van der Waals surface area contributed by atoms with Gasteiger partial charge in [-0.2, -0.15) is 0 Å². The number of hydrogen-bond donors (Lipinski definition) is 1. The Morgan fingerprint density at radius 3 is 1.36 bits per heavy atom. The third kappa shape index (κ3) is 1.92. The summed E-state index contributed by atoms with van der Waals surface area (Å²) in [4.78, 5) is 0. The summed E-state index contributed by atoms with van der Waals surface area (Å²) in [7, 11) is -1.42. The van der Waals surface area contributed by atoms with E-state index in [-0.39, 0.29) is 0 Å². The molecule has 0 saturated heterocycles. The highest BCUT2D eigenvalue weighted by Gasteiger charge is 2.08. The van der Waals surface area contributed by atoms with Crippen molar-refractivity contribution < 1.29 is 0 Å². The van der Waals surface area contributed by atoms with Crippen LogP contribution in [0.25, 0.3) is 0 Å². The van der Waals surface area contributed by atoms with Crippen molar-refractivity contribution in [1.82, 2.24) is 0 Å². The summed E-state index contributed by atoms with van der Waals surface area (Å²) in [5.41, 5.74) is 0. The van der Waals surface area contributed by atoms with Crippen LogP contribution in [0.1, 0.15) is 0 Å². The van der Waals surface area contributed by atoms with Crippen molar-refractivity contribution in [2.75, 3.05) is 0 Å². The summed E-state index contributed by atoms with van der Waals surface area (Å²) in [6, 6.07) is 20.7. The van der Waals surface area contributed by atoms with E-state index in [1.165, 1.54) is 10.4 Å².